The zero-order valence-corrected chi connectivity index (χ0v) is 11.3. The molecule has 0 radical (unpaired) electrons. The molecule has 0 saturated carbocycles. The molecule has 0 aliphatic rings. The average molecular weight is 268 g/mol. The van der Waals surface area contributed by atoms with E-state index in [1.165, 1.54) is 0 Å². The number of hydrogen-bond donors (Lipinski definition) is 0. The van der Waals surface area contributed by atoms with Gasteiger partial charge in [0, 0.05) is 5.56 Å². The lowest BCUT2D eigenvalue weighted by molar-refractivity contribution is 0.112. The Morgan fingerprint density at radius 1 is 1.00 bits per heavy atom. The van der Waals surface area contributed by atoms with Gasteiger partial charge in [-0.25, -0.2) is 0 Å². The number of methoxy groups -OCH3 is 1. The van der Waals surface area contributed by atoms with Crippen LogP contribution in [-0.4, -0.2) is 20.0 Å². The Kier molecular flexibility index (Phi) is 4.95. The maximum atomic E-state index is 10.8. The molecule has 20 heavy (non-hydrogen) atoms. The Morgan fingerprint density at radius 2 is 1.80 bits per heavy atom. The van der Waals surface area contributed by atoms with Gasteiger partial charge < -0.3 is 9.47 Å². The van der Waals surface area contributed by atoms with Crippen molar-refractivity contribution in [3.8, 4) is 11.5 Å². The molecule has 0 aromatic heterocycles. The van der Waals surface area contributed by atoms with Gasteiger partial charge in [0.15, 0.2) is 11.5 Å². The molecule has 0 bridgehead atoms. The highest BCUT2D eigenvalue weighted by Crippen LogP contribution is 2.27. The van der Waals surface area contributed by atoms with Crippen molar-refractivity contribution < 1.29 is 14.3 Å². The van der Waals surface area contributed by atoms with E-state index in [9.17, 15) is 4.79 Å². The second-order valence-corrected chi connectivity index (χ2v) is 4.15. The van der Waals surface area contributed by atoms with E-state index >= 15 is 0 Å². The highest BCUT2D eigenvalue weighted by atomic mass is 16.5. The molecule has 3 heteroatoms. The average Bonchev–Trinajstić information content (AvgIpc) is 2.52. The summed E-state index contributed by atoms with van der Waals surface area (Å²) in [6.07, 6.45) is 4.69. The lowest BCUT2D eigenvalue weighted by atomic mass is 10.2. The summed E-state index contributed by atoms with van der Waals surface area (Å²) in [5.74, 6) is 1.18. The van der Waals surface area contributed by atoms with Crippen LogP contribution in [0.2, 0.25) is 0 Å². The van der Waals surface area contributed by atoms with E-state index in [4.69, 9.17) is 9.47 Å². The smallest absolute Gasteiger partial charge is 0.162 e. The first-order chi connectivity index (χ1) is 9.83. The summed E-state index contributed by atoms with van der Waals surface area (Å²) in [6.45, 7) is 0.410. The molecule has 3 nitrogen and oxygen atoms in total. The monoisotopic (exact) mass is 268 g/mol. The van der Waals surface area contributed by atoms with Crippen LogP contribution in [0.3, 0.4) is 0 Å². The van der Waals surface area contributed by atoms with Crippen LogP contribution < -0.4 is 9.47 Å². The van der Waals surface area contributed by atoms with Crippen molar-refractivity contribution >= 4 is 12.4 Å². The topological polar surface area (TPSA) is 35.5 Å². The van der Waals surface area contributed by atoms with Gasteiger partial charge in [0.2, 0.25) is 0 Å². The van der Waals surface area contributed by atoms with Crippen LogP contribution in [0.4, 0.5) is 0 Å². The number of carbonyl (C=O) groups is 1. The second kappa shape index (κ2) is 7.14. The fourth-order valence-corrected chi connectivity index (χ4v) is 1.77. The van der Waals surface area contributed by atoms with Crippen LogP contribution in [0.25, 0.3) is 6.08 Å². The molecule has 0 aliphatic carbocycles. The van der Waals surface area contributed by atoms with Gasteiger partial charge in [0.05, 0.1) is 7.11 Å². The van der Waals surface area contributed by atoms with Crippen LogP contribution in [0.15, 0.2) is 54.6 Å². The van der Waals surface area contributed by atoms with Crippen molar-refractivity contribution in [1.82, 2.24) is 0 Å². The highest BCUT2D eigenvalue weighted by Gasteiger charge is 2.04. The van der Waals surface area contributed by atoms with Gasteiger partial charge in [-0.3, -0.25) is 4.79 Å². The summed E-state index contributed by atoms with van der Waals surface area (Å²) in [7, 11) is 1.57. The van der Waals surface area contributed by atoms with Crippen LogP contribution in [0.5, 0.6) is 11.5 Å². The van der Waals surface area contributed by atoms with Gasteiger partial charge in [0.25, 0.3) is 0 Å². The largest absolute Gasteiger partial charge is 0.493 e. The summed E-state index contributed by atoms with van der Waals surface area (Å²) in [5, 5.41) is 0. The lowest BCUT2D eigenvalue weighted by Gasteiger charge is -2.09. The Morgan fingerprint density at radius 3 is 2.50 bits per heavy atom. The first kappa shape index (κ1) is 13.9. The van der Waals surface area contributed by atoms with E-state index in [0.717, 1.165) is 11.8 Å². The molecule has 0 unspecified atom stereocenters. The normalized spacial score (nSPS) is 10.4. The summed E-state index contributed by atoms with van der Waals surface area (Å²) < 4.78 is 10.8. The van der Waals surface area contributed by atoms with E-state index < -0.39 is 0 Å². The van der Waals surface area contributed by atoms with Crippen molar-refractivity contribution in [3.63, 3.8) is 0 Å². The summed E-state index contributed by atoms with van der Waals surface area (Å²) in [6, 6.07) is 15.1. The predicted octanol–water partition coefficient (Wildman–Crippen LogP) is 3.60. The summed E-state index contributed by atoms with van der Waals surface area (Å²) in [4.78, 5) is 10.8. The molecule has 0 amide bonds. The molecule has 0 aliphatic heterocycles. The summed E-state index contributed by atoms with van der Waals surface area (Å²) >= 11 is 0. The number of hydrogen-bond acceptors (Lipinski definition) is 3. The summed E-state index contributed by atoms with van der Waals surface area (Å²) in [5.41, 5.74) is 1.68. The number of rotatable bonds is 6. The minimum atomic E-state index is 0.410. The number of carbonyl (C=O) groups excluding carboxylic acids is 1. The van der Waals surface area contributed by atoms with Crippen molar-refractivity contribution in [2.75, 3.05) is 13.7 Å². The van der Waals surface area contributed by atoms with Crippen LogP contribution in [0.1, 0.15) is 15.9 Å². The first-order valence-electron chi connectivity index (χ1n) is 6.31. The SMILES string of the molecule is COc1ccc(C=O)cc1OC/C=C/c1ccccc1. The third kappa shape index (κ3) is 3.72. The van der Waals surface area contributed by atoms with E-state index in [2.05, 4.69) is 0 Å². The standard InChI is InChI=1S/C17H16O3/c1-19-16-10-9-15(13-18)12-17(16)20-11-5-8-14-6-3-2-4-7-14/h2-10,12-13H,11H2,1H3/b8-5+. The highest BCUT2D eigenvalue weighted by molar-refractivity contribution is 5.76. The molecule has 0 heterocycles. The lowest BCUT2D eigenvalue weighted by Crippen LogP contribution is -1.97. The van der Waals surface area contributed by atoms with Gasteiger partial charge in [-0.1, -0.05) is 36.4 Å². The molecule has 0 N–H and O–H groups in total. The van der Waals surface area contributed by atoms with Gasteiger partial charge >= 0.3 is 0 Å². The number of benzene rings is 2. The van der Waals surface area contributed by atoms with Crippen molar-refractivity contribution in [3.05, 3.63) is 65.7 Å². The van der Waals surface area contributed by atoms with Crippen LogP contribution in [-0.2, 0) is 0 Å². The Bertz CT molecular complexity index is 588. The molecule has 2 rings (SSSR count). The van der Waals surface area contributed by atoms with E-state index in [1.54, 1.807) is 25.3 Å². The second-order valence-electron chi connectivity index (χ2n) is 4.15. The molecule has 0 fully saturated rings. The molecule has 2 aromatic rings. The number of ether oxygens (including phenoxy) is 2. The van der Waals surface area contributed by atoms with E-state index in [-0.39, 0.29) is 0 Å². The molecule has 2 aromatic carbocycles. The minimum absolute atomic E-state index is 0.410. The van der Waals surface area contributed by atoms with Crippen LogP contribution >= 0.6 is 0 Å². The predicted molar refractivity (Wildman–Crippen MR) is 79.4 cm³/mol. The quantitative estimate of drug-likeness (QED) is 0.751. The minimum Gasteiger partial charge on any atom is -0.493 e. The van der Waals surface area contributed by atoms with Gasteiger partial charge in [-0.2, -0.15) is 0 Å². The molecular weight excluding hydrogens is 252 g/mol. The number of aldehydes is 1. The Labute approximate surface area is 118 Å². The van der Waals surface area contributed by atoms with Gasteiger partial charge in [0.1, 0.15) is 12.9 Å². The maximum absolute atomic E-state index is 10.8. The third-order valence-electron chi connectivity index (χ3n) is 2.77. The molecule has 0 spiro atoms. The Hall–Kier alpha value is -2.55. The zero-order chi connectivity index (χ0) is 14.2. The van der Waals surface area contributed by atoms with Crippen molar-refractivity contribution in [2.24, 2.45) is 0 Å². The zero-order valence-electron chi connectivity index (χ0n) is 11.3. The van der Waals surface area contributed by atoms with Crippen molar-refractivity contribution in [1.29, 1.82) is 0 Å². The van der Waals surface area contributed by atoms with E-state index in [0.29, 0.717) is 23.7 Å². The fourth-order valence-electron chi connectivity index (χ4n) is 1.77. The molecular formula is C17H16O3. The van der Waals surface area contributed by atoms with Gasteiger partial charge in [-0.05, 0) is 29.8 Å². The Balaban J connectivity index is 2.00. The first-order valence-corrected chi connectivity index (χ1v) is 6.31. The maximum Gasteiger partial charge on any atom is 0.162 e. The fraction of sp³-hybridized carbons (Fsp3) is 0.118. The van der Waals surface area contributed by atoms with E-state index in [1.807, 2.05) is 42.5 Å². The van der Waals surface area contributed by atoms with Crippen LogP contribution in [0, 0.1) is 0 Å². The van der Waals surface area contributed by atoms with Gasteiger partial charge in [-0.15, -0.1) is 0 Å². The third-order valence-corrected chi connectivity index (χ3v) is 2.77. The molecule has 0 saturated heterocycles. The molecule has 0 atom stereocenters. The molecule has 102 valence electrons. The van der Waals surface area contributed by atoms with Crippen molar-refractivity contribution in [2.45, 2.75) is 0 Å².